The van der Waals surface area contributed by atoms with E-state index in [-0.39, 0.29) is 12.8 Å². The first-order valence-electron chi connectivity index (χ1n) is 7.80. The zero-order valence-corrected chi connectivity index (χ0v) is 14.3. The van der Waals surface area contributed by atoms with Gasteiger partial charge in [-0.1, -0.05) is 41.9 Å². The first kappa shape index (κ1) is 17.9. The van der Waals surface area contributed by atoms with Crippen LogP contribution in [-0.4, -0.2) is 25.9 Å². The number of benzene rings is 2. The number of carbonyl (C=O) groups excluding carboxylic acids is 1. The molecule has 0 aromatic heterocycles. The molecule has 0 aliphatic rings. The quantitative estimate of drug-likeness (QED) is 0.716. The molecule has 0 spiro atoms. The average Bonchev–Trinajstić information content (AvgIpc) is 2.58. The number of urea groups is 1. The Morgan fingerprint density at radius 2 is 1.67 bits per heavy atom. The number of amides is 2. The summed E-state index contributed by atoms with van der Waals surface area (Å²) < 4.78 is 11.0. The van der Waals surface area contributed by atoms with Gasteiger partial charge in [-0.3, -0.25) is 0 Å². The van der Waals surface area contributed by atoms with Crippen LogP contribution in [-0.2, 0) is 6.42 Å². The number of nitrogens with one attached hydrogen (secondary N) is 2. The van der Waals surface area contributed by atoms with Gasteiger partial charge in [0.25, 0.3) is 0 Å². The lowest BCUT2D eigenvalue weighted by atomic mass is 10.1. The maximum absolute atomic E-state index is 11.8. The fraction of sp³-hybridized carbons (Fsp3) is 0.278. The molecule has 2 rings (SSSR count). The lowest BCUT2D eigenvalue weighted by molar-refractivity contribution is 0.220. The smallest absolute Gasteiger partial charge is 0.317 e. The van der Waals surface area contributed by atoms with Crippen LogP contribution in [0.25, 0.3) is 0 Å². The van der Waals surface area contributed by atoms with Crippen molar-refractivity contribution in [2.45, 2.75) is 13.3 Å². The molecule has 0 heterocycles. The van der Waals surface area contributed by atoms with E-state index < -0.39 is 0 Å². The minimum Gasteiger partial charge on any atom is -0.490 e. The summed E-state index contributed by atoms with van der Waals surface area (Å²) in [6.45, 7) is 3.00. The van der Waals surface area contributed by atoms with Crippen LogP contribution in [0.15, 0.2) is 48.5 Å². The van der Waals surface area contributed by atoms with Crippen LogP contribution in [0.4, 0.5) is 4.79 Å². The second-order valence-electron chi connectivity index (χ2n) is 4.94. The second kappa shape index (κ2) is 9.67. The van der Waals surface area contributed by atoms with Gasteiger partial charge in [-0.15, -0.1) is 0 Å². The van der Waals surface area contributed by atoms with Crippen LogP contribution < -0.4 is 20.1 Å². The maximum atomic E-state index is 11.8. The van der Waals surface area contributed by atoms with E-state index in [9.17, 15) is 4.79 Å². The van der Waals surface area contributed by atoms with Crippen LogP contribution >= 0.6 is 11.6 Å². The molecular formula is C18H21ClN2O3. The van der Waals surface area contributed by atoms with Crippen molar-refractivity contribution >= 4 is 17.6 Å². The van der Waals surface area contributed by atoms with E-state index in [1.165, 1.54) is 0 Å². The highest BCUT2D eigenvalue weighted by Gasteiger charge is 2.05. The molecule has 24 heavy (non-hydrogen) atoms. The number of carbonyl (C=O) groups is 1. The molecule has 6 heteroatoms. The number of hydrogen-bond donors (Lipinski definition) is 2. The Morgan fingerprint density at radius 1 is 1.00 bits per heavy atom. The number of halogens is 1. The second-order valence-corrected chi connectivity index (χ2v) is 5.35. The predicted octanol–water partition coefficient (Wildman–Crippen LogP) is 3.62. The molecular weight excluding hydrogens is 328 g/mol. The van der Waals surface area contributed by atoms with Gasteiger partial charge in [-0.25, -0.2) is 4.79 Å². The highest BCUT2D eigenvalue weighted by atomic mass is 35.5. The SMILES string of the molecule is CCOc1ccccc1OCNC(=O)NCCc1ccccc1Cl. The predicted molar refractivity (Wildman–Crippen MR) is 94.8 cm³/mol. The van der Waals surface area contributed by atoms with Gasteiger partial charge in [0, 0.05) is 11.6 Å². The molecule has 0 atom stereocenters. The first-order valence-corrected chi connectivity index (χ1v) is 8.18. The van der Waals surface area contributed by atoms with Gasteiger partial charge in [0.05, 0.1) is 6.61 Å². The van der Waals surface area contributed by atoms with Crippen molar-refractivity contribution < 1.29 is 14.3 Å². The Balaban J connectivity index is 1.69. The molecule has 2 amide bonds. The summed E-state index contributed by atoms with van der Waals surface area (Å²) in [4.78, 5) is 11.8. The van der Waals surface area contributed by atoms with Crippen LogP contribution in [0.2, 0.25) is 5.02 Å². The number of para-hydroxylation sites is 2. The normalized spacial score (nSPS) is 10.1. The molecule has 0 aliphatic heterocycles. The van der Waals surface area contributed by atoms with Gasteiger partial charge in [0.2, 0.25) is 0 Å². The lowest BCUT2D eigenvalue weighted by Gasteiger charge is -2.12. The Hall–Kier alpha value is -2.40. The molecule has 0 aliphatic carbocycles. The standard InChI is InChI=1S/C18H21ClN2O3/c1-2-23-16-9-5-6-10-17(16)24-13-21-18(22)20-12-11-14-7-3-4-8-15(14)19/h3-10H,2,11-13H2,1H3,(H2,20,21,22). The minimum absolute atomic E-state index is 0.0576. The van der Waals surface area contributed by atoms with E-state index in [4.69, 9.17) is 21.1 Å². The summed E-state index contributed by atoms with van der Waals surface area (Å²) >= 11 is 6.07. The molecule has 0 saturated heterocycles. The van der Waals surface area contributed by atoms with Crippen molar-refractivity contribution in [2.24, 2.45) is 0 Å². The molecule has 0 radical (unpaired) electrons. The number of rotatable bonds is 8. The number of ether oxygens (including phenoxy) is 2. The third kappa shape index (κ3) is 5.66. The van der Waals surface area contributed by atoms with Gasteiger partial charge in [0.1, 0.15) is 0 Å². The molecule has 2 aromatic carbocycles. The fourth-order valence-corrected chi connectivity index (χ4v) is 2.33. The Bertz CT molecular complexity index is 664. The van der Waals surface area contributed by atoms with E-state index in [0.29, 0.717) is 36.1 Å². The molecule has 0 saturated carbocycles. The van der Waals surface area contributed by atoms with Crippen molar-refractivity contribution in [1.29, 1.82) is 0 Å². The maximum Gasteiger partial charge on any atom is 0.317 e. The molecule has 0 bridgehead atoms. The molecule has 0 unspecified atom stereocenters. The number of hydrogen-bond acceptors (Lipinski definition) is 3. The summed E-state index contributed by atoms with van der Waals surface area (Å²) in [5.41, 5.74) is 1.00. The summed E-state index contributed by atoms with van der Waals surface area (Å²) in [6, 6.07) is 14.6. The highest BCUT2D eigenvalue weighted by Crippen LogP contribution is 2.25. The van der Waals surface area contributed by atoms with Gasteiger partial charge < -0.3 is 20.1 Å². The minimum atomic E-state index is -0.295. The van der Waals surface area contributed by atoms with Crippen molar-refractivity contribution in [3.8, 4) is 11.5 Å². The van der Waals surface area contributed by atoms with E-state index in [1.54, 1.807) is 6.07 Å². The van der Waals surface area contributed by atoms with Crippen LogP contribution in [0, 0.1) is 0 Å². The summed E-state index contributed by atoms with van der Waals surface area (Å²) in [5.74, 6) is 1.25. The van der Waals surface area contributed by atoms with Gasteiger partial charge in [-0.2, -0.15) is 0 Å². The van der Waals surface area contributed by atoms with E-state index in [0.717, 1.165) is 5.56 Å². The first-order chi connectivity index (χ1) is 11.7. The fourth-order valence-electron chi connectivity index (χ4n) is 2.10. The Kier molecular flexibility index (Phi) is 7.23. The average molecular weight is 349 g/mol. The monoisotopic (exact) mass is 348 g/mol. The van der Waals surface area contributed by atoms with E-state index >= 15 is 0 Å². The van der Waals surface area contributed by atoms with E-state index in [2.05, 4.69) is 10.6 Å². The molecule has 2 aromatic rings. The Morgan fingerprint density at radius 3 is 2.38 bits per heavy atom. The summed E-state index contributed by atoms with van der Waals surface area (Å²) in [5, 5.41) is 6.11. The third-order valence-electron chi connectivity index (χ3n) is 3.25. The third-order valence-corrected chi connectivity index (χ3v) is 3.62. The van der Waals surface area contributed by atoms with Crippen molar-refractivity contribution in [2.75, 3.05) is 19.9 Å². The topological polar surface area (TPSA) is 59.6 Å². The Labute approximate surface area is 146 Å². The van der Waals surface area contributed by atoms with Crippen molar-refractivity contribution in [1.82, 2.24) is 10.6 Å². The van der Waals surface area contributed by atoms with Gasteiger partial charge >= 0.3 is 6.03 Å². The van der Waals surface area contributed by atoms with Crippen molar-refractivity contribution in [3.63, 3.8) is 0 Å². The zero-order valence-electron chi connectivity index (χ0n) is 13.5. The molecule has 5 nitrogen and oxygen atoms in total. The summed E-state index contributed by atoms with van der Waals surface area (Å²) in [6.07, 6.45) is 0.668. The molecule has 0 fully saturated rings. The zero-order chi connectivity index (χ0) is 17.2. The lowest BCUT2D eigenvalue weighted by Crippen LogP contribution is -2.38. The largest absolute Gasteiger partial charge is 0.490 e. The van der Waals surface area contributed by atoms with Crippen LogP contribution in [0.1, 0.15) is 12.5 Å². The van der Waals surface area contributed by atoms with Crippen LogP contribution in [0.3, 0.4) is 0 Å². The van der Waals surface area contributed by atoms with Crippen LogP contribution in [0.5, 0.6) is 11.5 Å². The molecule has 128 valence electrons. The van der Waals surface area contributed by atoms with E-state index in [1.807, 2.05) is 49.4 Å². The summed E-state index contributed by atoms with van der Waals surface area (Å²) in [7, 11) is 0. The van der Waals surface area contributed by atoms with Gasteiger partial charge in [0.15, 0.2) is 18.2 Å². The van der Waals surface area contributed by atoms with Crippen molar-refractivity contribution in [3.05, 3.63) is 59.1 Å². The molecule has 2 N–H and O–H groups in total. The highest BCUT2D eigenvalue weighted by molar-refractivity contribution is 6.31. The van der Waals surface area contributed by atoms with Gasteiger partial charge in [-0.05, 0) is 37.1 Å².